The van der Waals surface area contributed by atoms with E-state index < -0.39 is 15.9 Å². The van der Waals surface area contributed by atoms with E-state index in [4.69, 9.17) is 4.74 Å². The van der Waals surface area contributed by atoms with Gasteiger partial charge in [-0.05, 0) is 109 Å². The number of amides is 1. The van der Waals surface area contributed by atoms with E-state index in [9.17, 15) is 25.0 Å². The van der Waals surface area contributed by atoms with Crippen LogP contribution >= 0.6 is 0 Å². The fraction of sp³-hybridized carbons (Fsp3) is 0.387. The Morgan fingerprint density at radius 1 is 1.00 bits per heavy atom. The number of hydrogen-bond donors (Lipinski definition) is 1. The van der Waals surface area contributed by atoms with Gasteiger partial charge in [-0.25, -0.2) is 4.79 Å². The molecule has 0 heterocycles. The van der Waals surface area contributed by atoms with Crippen LogP contribution in [0.4, 0.5) is 10.5 Å². The van der Waals surface area contributed by atoms with Gasteiger partial charge in [0.1, 0.15) is 12.2 Å². The van der Waals surface area contributed by atoms with Gasteiger partial charge in [0.15, 0.2) is 0 Å². The number of aryl methyl sites for hydroxylation is 4. The molecule has 0 fully saturated rings. The molecule has 0 unspecified atom stereocenters. The normalized spacial score (nSPS) is 14.8. The Morgan fingerprint density at radius 2 is 1.57 bits per heavy atom. The van der Waals surface area contributed by atoms with E-state index >= 15 is 0 Å². The van der Waals surface area contributed by atoms with E-state index in [1.54, 1.807) is 13.8 Å². The van der Waals surface area contributed by atoms with Crippen LogP contribution < -0.4 is 5.32 Å². The molecule has 0 atom stereocenters. The van der Waals surface area contributed by atoms with Crippen LogP contribution in [0, 0.1) is 26.1 Å². The molecular formula is C31H35N3O6. The van der Waals surface area contributed by atoms with Crippen LogP contribution in [0.1, 0.15) is 62.8 Å². The summed E-state index contributed by atoms with van der Waals surface area (Å²) < 4.78 is 5.38. The van der Waals surface area contributed by atoms with E-state index in [-0.39, 0.29) is 35.9 Å². The Kier molecular flexibility index (Phi) is 8.82. The third kappa shape index (κ3) is 6.30. The fourth-order valence-electron chi connectivity index (χ4n) is 5.59. The molecule has 0 saturated heterocycles. The van der Waals surface area contributed by atoms with Crippen LogP contribution in [0.3, 0.4) is 0 Å². The molecule has 0 aromatic heterocycles. The number of nitrogens with one attached hydrogen (secondary N) is 1. The number of carbonyl (C=O) groups is 1. The highest BCUT2D eigenvalue weighted by Gasteiger charge is 2.29. The summed E-state index contributed by atoms with van der Waals surface area (Å²) >= 11 is 0. The first-order chi connectivity index (χ1) is 19.1. The zero-order valence-corrected chi connectivity index (χ0v) is 23.4. The molecule has 2 aromatic rings. The van der Waals surface area contributed by atoms with E-state index in [1.807, 2.05) is 26.0 Å². The van der Waals surface area contributed by atoms with Gasteiger partial charge in [0.05, 0.1) is 9.85 Å². The van der Waals surface area contributed by atoms with Gasteiger partial charge in [0.25, 0.3) is 11.4 Å². The van der Waals surface area contributed by atoms with Gasteiger partial charge in [0.2, 0.25) is 0 Å². The van der Waals surface area contributed by atoms with E-state index in [1.165, 1.54) is 45.5 Å². The number of benzene rings is 2. The SMILES string of the molecule is CC\C=C(/C(CC(C)C)=C(\C=C(/C)COC(=O)Nc1cc2c3c(c1)CCc1cccc(c1-3)CC2)[N+](=O)[O-])[N+](=O)[O-]. The summed E-state index contributed by atoms with van der Waals surface area (Å²) in [5.74, 6) is -0.0391. The van der Waals surface area contributed by atoms with Crippen LogP contribution in [0.5, 0.6) is 0 Å². The molecule has 0 bridgehead atoms. The van der Waals surface area contributed by atoms with Crippen molar-refractivity contribution in [2.24, 2.45) is 5.92 Å². The number of nitro groups is 2. The van der Waals surface area contributed by atoms with Gasteiger partial charge in [-0.3, -0.25) is 25.5 Å². The van der Waals surface area contributed by atoms with Crippen molar-refractivity contribution >= 4 is 11.8 Å². The number of ether oxygens (including phenoxy) is 1. The predicted octanol–water partition coefficient (Wildman–Crippen LogP) is 7.19. The molecule has 1 amide bonds. The van der Waals surface area contributed by atoms with Crippen molar-refractivity contribution in [1.29, 1.82) is 0 Å². The number of rotatable bonds is 10. The van der Waals surface area contributed by atoms with Gasteiger partial charge in [-0.15, -0.1) is 0 Å². The molecule has 2 aliphatic rings. The van der Waals surface area contributed by atoms with Crippen molar-refractivity contribution in [1.82, 2.24) is 0 Å². The molecular weight excluding hydrogens is 510 g/mol. The predicted molar refractivity (Wildman–Crippen MR) is 154 cm³/mol. The third-order valence-corrected chi connectivity index (χ3v) is 7.20. The lowest BCUT2D eigenvalue weighted by molar-refractivity contribution is -0.434. The number of allylic oxidation sites excluding steroid dienone is 3. The molecule has 9 heteroatoms. The quantitative estimate of drug-likeness (QED) is 0.191. The molecule has 40 heavy (non-hydrogen) atoms. The maximum atomic E-state index is 12.7. The van der Waals surface area contributed by atoms with Gasteiger partial charge in [-0.1, -0.05) is 39.0 Å². The van der Waals surface area contributed by atoms with Crippen LogP contribution in [0.15, 0.2) is 65.0 Å². The highest BCUT2D eigenvalue weighted by molar-refractivity contribution is 5.88. The number of anilines is 1. The summed E-state index contributed by atoms with van der Waals surface area (Å²) in [6.45, 7) is 6.83. The monoisotopic (exact) mass is 545 g/mol. The summed E-state index contributed by atoms with van der Waals surface area (Å²) in [7, 11) is 0. The summed E-state index contributed by atoms with van der Waals surface area (Å²) in [5.41, 5.74) is 8.31. The van der Waals surface area contributed by atoms with Gasteiger partial charge in [-0.2, -0.15) is 0 Å². The van der Waals surface area contributed by atoms with Gasteiger partial charge >= 0.3 is 6.09 Å². The fourth-order valence-corrected chi connectivity index (χ4v) is 5.59. The molecule has 1 N–H and O–H groups in total. The van der Waals surface area contributed by atoms with Gasteiger partial charge in [0, 0.05) is 11.8 Å². The maximum absolute atomic E-state index is 12.7. The largest absolute Gasteiger partial charge is 0.445 e. The first kappa shape index (κ1) is 28.7. The van der Waals surface area contributed by atoms with Crippen molar-refractivity contribution < 1.29 is 19.4 Å². The minimum atomic E-state index is -0.668. The van der Waals surface area contributed by atoms with Crippen LogP contribution in [0.25, 0.3) is 11.1 Å². The van der Waals surface area contributed by atoms with Crippen molar-refractivity contribution in [2.75, 3.05) is 11.9 Å². The number of carbonyl (C=O) groups excluding carboxylic acids is 1. The Hall–Kier alpha value is -4.27. The Labute approximate surface area is 233 Å². The van der Waals surface area contributed by atoms with E-state index in [2.05, 4.69) is 23.5 Å². The van der Waals surface area contributed by atoms with E-state index in [0.29, 0.717) is 17.7 Å². The standard InChI is InChI=1S/C31H35N3O6/c1-5-7-27(33(36)37)26(14-19(2)3)28(34(38)39)15-20(4)18-40-31(35)32-25-16-23-12-10-21-8-6-9-22-11-13-24(17-25)30(23)29(21)22/h6-9,15-17,19H,5,10-14,18H2,1-4H3,(H,32,35)/b20-15+,27-7+,28-26+. The molecule has 4 rings (SSSR count). The highest BCUT2D eigenvalue weighted by Crippen LogP contribution is 2.43. The molecule has 9 nitrogen and oxygen atoms in total. The second-order valence-corrected chi connectivity index (χ2v) is 10.8. The molecule has 2 aliphatic carbocycles. The van der Waals surface area contributed by atoms with Crippen molar-refractivity contribution in [3.63, 3.8) is 0 Å². The molecule has 0 aliphatic heterocycles. The minimum Gasteiger partial charge on any atom is -0.445 e. The Bertz CT molecular complexity index is 1400. The average molecular weight is 546 g/mol. The maximum Gasteiger partial charge on any atom is 0.411 e. The first-order valence-corrected chi connectivity index (χ1v) is 13.7. The number of hydrogen-bond acceptors (Lipinski definition) is 6. The zero-order valence-electron chi connectivity index (χ0n) is 23.4. The molecule has 0 spiro atoms. The zero-order chi connectivity index (χ0) is 29.0. The lowest BCUT2D eigenvalue weighted by atomic mass is 9.75. The summed E-state index contributed by atoms with van der Waals surface area (Å²) in [4.78, 5) is 35.1. The van der Waals surface area contributed by atoms with Crippen LogP contribution in [0.2, 0.25) is 0 Å². The summed E-state index contributed by atoms with van der Waals surface area (Å²) in [5, 5.41) is 26.5. The first-order valence-electron chi connectivity index (χ1n) is 13.7. The molecule has 2 aromatic carbocycles. The second kappa shape index (κ2) is 12.3. The third-order valence-electron chi connectivity index (χ3n) is 7.20. The molecule has 210 valence electrons. The summed E-state index contributed by atoms with van der Waals surface area (Å²) in [6, 6.07) is 10.5. The topological polar surface area (TPSA) is 125 Å². The highest BCUT2D eigenvalue weighted by atomic mass is 16.6. The lowest BCUT2D eigenvalue weighted by Gasteiger charge is -2.29. The van der Waals surface area contributed by atoms with Crippen LogP contribution in [-0.2, 0) is 30.4 Å². The minimum absolute atomic E-state index is 0.0391. The van der Waals surface area contributed by atoms with E-state index in [0.717, 1.165) is 25.7 Å². The Morgan fingerprint density at radius 3 is 2.10 bits per heavy atom. The van der Waals surface area contributed by atoms with Gasteiger partial charge < -0.3 is 4.74 Å². The Balaban J connectivity index is 1.51. The summed E-state index contributed by atoms with van der Waals surface area (Å²) in [6.07, 6.45) is 6.24. The molecule has 0 saturated carbocycles. The lowest BCUT2D eigenvalue weighted by Crippen LogP contribution is -2.18. The smallest absolute Gasteiger partial charge is 0.411 e. The number of nitrogens with zero attached hydrogens (tertiary/aromatic N) is 2. The molecule has 0 radical (unpaired) electrons. The second-order valence-electron chi connectivity index (χ2n) is 10.8. The van der Waals surface area contributed by atoms with Crippen LogP contribution in [-0.4, -0.2) is 22.5 Å². The van der Waals surface area contributed by atoms with Crippen molar-refractivity contribution in [3.8, 4) is 11.1 Å². The van der Waals surface area contributed by atoms with Crippen molar-refractivity contribution in [3.05, 3.63) is 108 Å². The average Bonchev–Trinajstić information content (AvgIpc) is 2.90. The van der Waals surface area contributed by atoms with Crippen molar-refractivity contribution in [2.45, 2.75) is 66.2 Å².